The van der Waals surface area contributed by atoms with Crippen molar-refractivity contribution < 1.29 is 4.79 Å². The van der Waals surface area contributed by atoms with Crippen LogP contribution in [-0.4, -0.2) is 25.0 Å². The highest BCUT2D eigenvalue weighted by atomic mass is 16.2. The molecule has 0 aromatic rings. The quantitative estimate of drug-likeness (QED) is 0.824. The van der Waals surface area contributed by atoms with Crippen LogP contribution >= 0.6 is 0 Å². The lowest BCUT2D eigenvalue weighted by Crippen LogP contribution is -2.54. The maximum Gasteiger partial charge on any atom is 0.225 e. The summed E-state index contributed by atoms with van der Waals surface area (Å²) in [6, 6.07) is 0.414. The van der Waals surface area contributed by atoms with Crippen molar-refractivity contribution >= 4 is 5.91 Å². The summed E-state index contributed by atoms with van der Waals surface area (Å²) in [5, 5.41) is 6.78. The van der Waals surface area contributed by atoms with Gasteiger partial charge in [-0.1, -0.05) is 40.0 Å². The number of nitrogens with one attached hydrogen (secondary N) is 2. The fourth-order valence-electron chi connectivity index (χ4n) is 3.59. The van der Waals surface area contributed by atoms with E-state index in [-0.39, 0.29) is 11.3 Å². The fraction of sp³-hybridized carbons (Fsp3) is 0.938. The number of rotatable bonds is 3. The molecule has 1 saturated heterocycles. The molecular weight excluding hydrogens is 236 g/mol. The Morgan fingerprint density at radius 2 is 1.79 bits per heavy atom. The summed E-state index contributed by atoms with van der Waals surface area (Å²) in [4.78, 5) is 12.4. The van der Waals surface area contributed by atoms with E-state index >= 15 is 0 Å². The highest BCUT2D eigenvalue weighted by Gasteiger charge is 2.36. The SMILES string of the molecule is CC1(C(=O)NCC2NCCCC2(C)C)CCCCC1. The van der Waals surface area contributed by atoms with E-state index in [0.29, 0.717) is 11.5 Å². The molecule has 1 atom stereocenters. The van der Waals surface area contributed by atoms with Crippen molar-refractivity contribution in [3.8, 4) is 0 Å². The molecule has 1 amide bonds. The Morgan fingerprint density at radius 3 is 2.42 bits per heavy atom. The maximum absolute atomic E-state index is 12.4. The van der Waals surface area contributed by atoms with Gasteiger partial charge in [-0.15, -0.1) is 0 Å². The van der Waals surface area contributed by atoms with Gasteiger partial charge in [0.15, 0.2) is 0 Å². The molecule has 3 heteroatoms. The lowest BCUT2D eigenvalue weighted by Gasteiger charge is -2.40. The number of hydrogen-bond donors (Lipinski definition) is 2. The maximum atomic E-state index is 12.4. The third-order valence-electron chi connectivity index (χ3n) is 5.30. The summed E-state index contributed by atoms with van der Waals surface area (Å²) >= 11 is 0. The first-order valence-electron chi connectivity index (χ1n) is 7.96. The molecule has 110 valence electrons. The van der Waals surface area contributed by atoms with E-state index in [0.717, 1.165) is 25.9 Å². The van der Waals surface area contributed by atoms with E-state index in [1.165, 1.54) is 32.1 Å². The van der Waals surface area contributed by atoms with Crippen LogP contribution in [0.25, 0.3) is 0 Å². The lowest BCUT2D eigenvalue weighted by atomic mass is 9.74. The Bertz CT molecular complexity index is 319. The normalized spacial score (nSPS) is 29.7. The average molecular weight is 266 g/mol. The van der Waals surface area contributed by atoms with Crippen molar-refractivity contribution in [2.24, 2.45) is 10.8 Å². The van der Waals surface area contributed by atoms with Gasteiger partial charge in [0.05, 0.1) is 0 Å². The lowest BCUT2D eigenvalue weighted by molar-refractivity contribution is -0.132. The smallest absolute Gasteiger partial charge is 0.225 e. The van der Waals surface area contributed by atoms with E-state index in [2.05, 4.69) is 31.4 Å². The second kappa shape index (κ2) is 5.82. The summed E-state index contributed by atoms with van der Waals surface area (Å²) in [5.74, 6) is 0.273. The molecule has 1 aliphatic carbocycles. The van der Waals surface area contributed by atoms with Gasteiger partial charge in [0.25, 0.3) is 0 Å². The Kier molecular flexibility index (Phi) is 4.54. The number of hydrogen-bond acceptors (Lipinski definition) is 2. The van der Waals surface area contributed by atoms with E-state index in [1.54, 1.807) is 0 Å². The number of amides is 1. The van der Waals surface area contributed by atoms with E-state index in [1.807, 2.05) is 0 Å². The predicted octanol–water partition coefficient (Wildman–Crippen LogP) is 2.85. The van der Waals surface area contributed by atoms with Gasteiger partial charge in [0.2, 0.25) is 5.91 Å². The van der Waals surface area contributed by atoms with Gasteiger partial charge >= 0.3 is 0 Å². The van der Waals surface area contributed by atoms with Crippen molar-refractivity contribution in [1.82, 2.24) is 10.6 Å². The third kappa shape index (κ3) is 3.50. The molecule has 0 spiro atoms. The van der Waals surface area contributed by atoms with Gasteiger partial charge in [0.1, 0.15) is 0 Å². The first-order valence-corrected chi connectivity index (χ1v) is 7.96. The van der Waals surface area contributed by atoms with Crippen molar-refractivity contribution in [3.05, 3.63) is 0 Å². The van der Waals surface area contributed by atoms with Gasteiger partial charge in [0, 0.05) is 18.0 Å². The van der Waals surface area contributed by atoms with Crippen molar-refractivity contribution in [1.29, 1.82) is 0 Å². The Labute approximate surface area is 117 Å². The topological polar surface area (TPSA) is 41.1 Å². The van der Waals surface area contributed by atoms with E-state index in [9.17, 15) is 4.79 Å². The molecule has 0 radical (unpaired) electrons. The third-order valence-corrected chi connectivity index (χ3v) is 5.30. The minimum absolute atomic E-state index is 0.114. The second-order valence-electron chi connectivity index (χ2n) is 7.43. The minimum Gasteiger partial charge on any atom is -0.354 e. The fourth-order valence-corrected chi connectivity index (χ4v) is 3.59. The number of carbonyl (C=O) groups excluding carboxylic acids is 1. The van der Waals surface area contributed by atoms with E-state index < -0.39 is 0 Å². The zero-order valence-corrected chi connectivity index (χ0v) is 12.8. The Hall–Kier alpha value is -0.570. The van der Waals surface area contributed by atoms with Gasteiger partial charge in [-0.05, 0) is 37.6 Å². The molecule has 2 rings (SSSR count). The van der Waals surface area contributed by atoms with Crippen molar-refractivity contribution in [3.63, 3.8) is 0 Å². The first-order chi connectivity index (χ1) is 8.94. The van der Waals surface area contributed by atoms with Crippen molar-refractivity contribution in [2.75, 3.05) is 13.1 Å². The minimum atomic E-state index is -0.114. The van der Waals surface area contributed by atoms with Crippen LogP contribution in [0.1, 0.15) is 65.7 Å². The highest BCUT2D eigenvalue weighted by Crippen LogP contribution is 2.36. The summed E-state index contributed by atoms with van der Waals surface area (Å²) in [5.41, 5.74) is 0.177. The van der Waals surface area contributed by atoms with E-state index in [4.69, 9.17) is 0 Å². The van der Waals surface area contributed by atoms with Gasteiger partial charge in [-0.2, -0.15) is 0 Å². The van der Waals surface area contributed by atoms with Crippen LogP contribution in [0.2, 0.25) is 0 Å². The summed E-state index contributed by atoms with van der Waals surface area (Å²) in [6.45, 7) is 8.61. The molecule has 19 heavy (non-hydrogen) atoms. The molecule has 1 saturated carbocycles. The van der Waals surface area contributed by atoms with Crippen LogP contribution in [-0.2, 0) is 4.79 Å². The largest absolute Gasteiger partial charge is 0.354 e. The molecule has 2 N–H and O–H groups in total. The first kappa shape index (κ1) is 14.8. The second-order valence-corrected chi connectivity index (χ2v) is 7.43. The van der Waals surface area contributed by atoms with Gasteiger partial charge in [-0.25, -0.2) is 0 Å². The molecule has 1 heterocycles. The average Bonchev–Trinajstić information content (AvgIpc) is 2.37. The van der Waals surface area contributed by atoms with Crippen LogP contribution in [0.5, 0.6) is 0 Å². The van der Waals surface area contributed by atoms with Crippen LogP contribution in [0, 0.1) is 10.8 Å². The number of carbonyl (C=O) groups is 1. The molecule has 2 fully saturated rings. The molecule has 3 nitrogen and oxygen atoms in total. The Morgan fingerprint density at radius 1 is 1.11 bits per heavy atom. The zero-order valence-electron chi connectivity index (χ0n) is 12.8. The monoisotopic (exact) mass is 266 g/mol. The van der Waals surface area contributed by atoms with Gasteiger partial charge < -0.3 is 10.6 Å². The zero-order chi connectivity index (χ0) is 13.9. The standard InChI is InChI=1S/C16H30N2O/c1-15(2)8-7-11-17-13(15)12-18-14(19)16(3)9-5-4-6-10-16/h13,17H,4-12H2,1-3H3,(H,18,19). The highest BCUT2D eigenvalue weighted by molar-refractivity contribution is 5.82. The summed E-state index contributed by atoms with van der Waals surface area (Å²) in [6.07, 6.45) is 8.31. The molecule has 0 bridgehead atoms. The predicted molar refractivity (Wildman–Crippen MR) is 79.0 cm³/mol. The molecule has 0 aromatic heterocycles. The van der Waals surface area contributed by atoms with Gasteiger partial charge in [-0.3, -0.25) is 4.79 Å². The Balaban J connectivity index is 1.85. The van der Waals surface area contributed by atoms with Crippen LogP contribution in [0.4, 0.5) is 0 Å². The molecule has 1 aliphatic heterocycles. The molecule has 2 aliphatic rings. The summed E-state index contributed by atoms with van der Waals surface area (Å²) < 4.78 is 0. The van der Waals surface area contributed by atoms with Crippen LogP contribution < -0.4 is 10.6 Å². The number of piperidine rings is 1. The van der Waals surface area contributed by atoms with Crippen molar-refractivity contribution in [2.45, 2.75) is 71.8 Å². The van der Waals surface area contributed by atoms with Crippen LogP contribution in [0.15, 0.2) is 0 Å². The molecule has 0 aromatic carbocycles. The molecule has 1 unspecified atom stereocenters. The summed E-state index contributed by atoms with van der Waals surface area (Å²) in [7, 11) is 0. The van der Waals surface area contributed by atoms with Crippen LogP contribution in [0.3, 0.4) is 0 Å². The molecular formula is C16H30N2O.